The first kappa shape index (κ1) is 14.6. The molecule has 8 nitrogen and oxygen atoms in total. The van der Waals surface area contributed by atoms with Gasteiger partial charge in [-0.2, -0.15) is 5.10 Å². The van der Waals surface area contributed by atoms with Crippen molar-refractivity contribution in [3.8, 4) is 11.5 Å². The number of anilines is 1. The molecule has 3 rings (SSSR count). The lowest BCUT2D eigenvalue weighted by Gasteiger charge is -2.18. The minimum Gasteiger partial charge on any atom is -0.486 e. The van der Waals surface area contributed by atoms with Crippen LogP contribution in [0.2, 0.25) is 0 Å². The summed E-state index contributed by atoms with van der Waals surface area (Å²) >= 11 is 0. The maximum Gasteiger partial charge on any atom is 0.341 e. The van der Waals surface area contributed by atoms with Crippen molar-refractivity contribution >= 4 is 23.8 Å². The highest BCUT2D eigenvalue weighted by Gasteiger charge is 2.14. The number of aromatic amines is 1. The Morgan fingerprint density at radius 1 is 1.26 bits per heavy atom. The summed E-state index contributed by atoms with van der Waals surface area (Å²) in [5.74, 6) is -0.326. The summed E-state index contributed by atoms with van der Waals surface area (Å²) in [7, 11) is 0. The van der Waals surface area contributed by atoms with Gasteiger partial charge in [-0.25, -0.2) is 4.79 Å². The van der Waals surface area contributed by atoms with Gasteiger partial charge < -0.3 is 19.9 Å². The maximum atomic E-state index is 11.9. The number of benzene rings is 1. The number of hydrogen-bond acceptors (Lipinski definition) is 5. The highest BCUT2D eigenvalue weighted by Crippen LogP contribution is 2.31. The molecule has 0 radical (unpaired) electrons. The Labute approximate surface area is 130 Å². The predicted molar refractivity (Wildman–Crippen MR) is 80.6 cm³/mol. The van der Waals surface area contributed by atoms with Crippen LogP contribution in [0.1, 0.15) is 15.9 Å². The number of carbonyl (C=O) groups excluding carboxylic acids is 1. The summed E-state index contributed by atoms with van der Waals surface area (Å²) in [5, 5.41) is 17.4. The van der Waals surface area contributed by atoms with Crippen molar-refractivity contribution in [2.45, 2.75) is 0 Å². The first-order chi connectivity index (χ1) is 11.1. The molecule has 3 N–H and O–H groups in total. The third-order valence-electron chi connectivity index (χ3n) is 3.11. The molecular weight excluding hydrogens is 302 g/mol. The lowest BCUT2D eigenvalue weighted by atomic mass is 10.2. The molecule has 2 aromatic rings. The average Bonchev–Trinajstić information content (AvgIpc) is 3.01. The minimum absolute atomic E-state index is 0.0364. The van der Waals surface area contributed by atoms with E-state index in [1.54, 1.807) is 24.3 Å². The van der Waals surface area contributed by atoms with Crippen LogP contribution in [0.4, 0.5) is 5.82 Å². The van der Waals surface area contributed by atoms with Gasteiger partial charge in [0.25, 0.3) is 0 Å². The first-order valence-electron chi connectivity index (χ1n) is 6.79. The van der Waals surface area contributed by atoms with E-state index in [1.807, 2.05) is 0 Å². The zero-order chi connectivity index (χ0) is 16.2. The highest BCUT2D eigenvalue weighted by molar-refractivity contribution is 6.05. The molecule has 8 heteroatoms. The van der Waals surface area contributed by atoms with Crippen molar-refractivity contribution in [3.05, 3.63) is 41.6 Å². The molecule has 0 spiro atoms. The topological polar surface area (TPSA) is 114 Å². The van der Waals surface area contributed by atoms with Gasteiger partial charge in [-0.15, -0.1) is 0 Å². The third-order valence-corrected chi connectivity index (χ3v) is 3.11. The molecule has 0 fully saturated rings. The van der Waals surface area contributed by atoms with Crippen LogP contribution in [0, 0.1) is 0 Å². The lowest BCUT2D eigenvalue weighted by molar-refractivity contribution is -0.111. The van der Waals surface area contributed by atoms with E-state index in [9.17, 15) is 9.59 Å². The molecule has 1 amide bonds. The van der Waals surface area contributed by atoms with Gasteiger partial charge in [-0.1, -0.05) is 6.07 Å². The number of hydrogen-bond donors (Lipinski definition) is 3. The van der Waals surface area contributed by atoms with Crippen molar-refractivity contribution in [2.75, 3.05) is 18.5 Å². The van der Waals surface area contributed by atoms with Crippen molar-refractivity contribution in [3.63, 3.8) is 0 Å². The first-order valence-corrected chi connectivity index (χ1v) is 6.79. The van der Waals surface area contributed by atoms with Gasteiger partial charge in [0, 0.05) is 6.08 Å². The summed E-state index contributed by atoms with van der Waals surface area (Å²) < 4.78 is 10.9. The van der Waals surface area contributed by atoms with E-state index in [1.165, 1.54) is 6.08 Å². The zero-order valence-corrected chi connectivity index (χ0v) is 11.9. The van der Waals surface area contributed by atoms with E-state index >= 15 is 0 Å². The Hall–Kier alpha value is -3.29. The Balaban J connectivity index is 1.69. The lowest BCUT2D eigenvalue weighted by Crippen LogP contribution is -2.15. The zero-order valence-electron chi connectivity index (χ0n) is 11.9. The SMILES string of the molecule is O=C(/C=C/c1ccc2c(c1)OCCO2)Nc1[nH]ncc1C(=O)O. The number of rotatable bonds is 4. The van der Waals surface area contributed by atoms with Crippen molar-refractivity contribution in [1.29, 1.82) is 0 Å². The molecule has 1 aliphatic rings. The fourth-order valence-corrected chi connectivity index (χ4v) is 2.04. The highest BCUT2D eigenvalue weighted by atomic mass is 16.6. The Morgan fingerprint density at radius 2 is 2.04 bits per heavy atom. The number of ether oxygens (including phenoxy) is 2. The fourth-order valence-electron chi connectivity index (χ4n) is 2.04. The summed E-state index contributed by atoms with van der Waals surface area (Å²) in [6.07, 6.45) is 4.00. The van der Waals surface area contributed by atoms with Gasteiger partial charge in [0.1, 0.15) is 24.6 Å². The quantitative estimate of drug-likeness (QED) is 0.737. The number of nitrogens with zero attached hydrogens (tertiary/aromatic N) is 1. The summed E-state index contributed by atoms with van der Waals surface area (Å²) in [5.41, 5.74) is 0.651. The van der Waals surface area contributed by atoms with Crippen LogP contribution >= 0.6 is 0 Å². The number of nitrogens with one attached hydrogen (secondary N) is 2. The molecule has 0 saturated carbocycles. The Morgan fingerprint density at radius 3 is 2.83 bits per heavy atom. The van der Waals surface area contributed by atoms with E-state index in [-0.39, 0.29) is 11.4 Å². The Kier molecular flexibility index (Phi) is 3.96. The van der Waals surface area contributed by atoms with Gasteiger partial charge in [0.15, 0.2) is 11.5 Å². The second kappa shape index (κ2) is 6.22. The molecule has 1 aromatic carbocycles. The van der Waals surface area contributed by atoms with Crippen LogP contribution in [0.5, 0.6) is 11.5 Å². The van der Waals surface area contributed by atoms with E-state index in [0.29, 0.717) is 24.7 Å². The number of aromatic nitrogens is 2. The maximum absolute atomic E-state index is 11.9. The second-order valence-electron chi connectivity index (χ2n) is 4.69. The van der Waals surface area contributed by atoms with E-state index < -0.39 is 11.9 Å². The van der Waals surface area contributed by atoms with Gasteiger partial charge in [-0.3, -0.25) is 9.89 Å². The smallest absolute Gasteiger partial charge is 0.341 e. The largest absolute Gasteiger partial charge is 0.486 e. The number of H-pyrrole nitrogens is 1. The molecule has 23 heavy (non-hydrogen) atoms. The summed E-state index contributed by atoms with van der Waals surface area (Å²) in [6, 6.07) is 5.32. The van der Waals surface area contributed by atoms with E-state index in [0.717, 1.165) is 11.8 Å². The van der Waals surface area contributed by atoms with Crippen LogP contribution in [-0.2, 0) is 4.79 Å². The minimum atomic E-state index is -1.18. The van der Waals surface area contributed by atoms with Crippen LogP contribution < -0.4 is 14.8 Å². The number of carboxylic acids is 1. The number of fused-ring (bicyclic) bond motifs is 1. The second-order valence-corrected chi connectivity index (χ2v) is 4.69. The van der Waals surface area contributed by atoms with Crippen LogP contribution in [-0.4, -0.2) is 40.4 Å². The van der Waals surface area contributed by atoms with Gasteiger partial charge >= 0.3 is 5.97 Å². The van der Waals surface area contributed by atoms with Crippen LogP contribution in [0.3, 0.4) is 0 Å². The number of aromatic carboxylic acids is 1. The van der Waals surface area contributed by atoms with E-state index in [4.69, 9.17) is 14.6 Å². The molecule has 2 heterocycles. The molecule has 0 unspecified atom stereocenters. The molecule has 0 atom stereocenters. The van der Waals surface area contributed by atoms with Gasteiger partial charge in [0.2, 0.25) is 5.91 Å². The fraction of sp³-hybridized carbons (Fsp3) is 0.133. The van der Waals surface area contributed by atoms with Crippen LogP contribution in [0.25, 0.3) is 6.08 Å². The van der Waals surface area contributed by atoms with Crippen molar-refractivity contribution < 1.29 is 24.2 Å². The molecule has 1 aliphatic heterocycles. The number of carboxylic acid groups (broad SMARTS) is 1. The van der Waals surface area contributed by atoms with Gasteiger partial charge in [0.05, 0.1) is 6.20 Å². The Bertz CT molecular complexity index is 781. The van der Waals surface area contributed by atoms with Gasteiger partial charge in [-0.05, 0) is 23.8 Å². The number of carbonyl (C=O) groups is 2. The monoisotopic (exact) mass is 315 g/mol. The molecule has 0 aliphatic carbocycles. The van der Waals surface area contributed by atoms with E-state index in [2.05, 4.69) is 15.5 Å². The number of amides is 1. The summed E-state index contributed by atoms with van der Waals surface area (Å²) in [4.78, 5) is 22.8. The molecule has 118 valence electrons. The third kappa shape index (κ3) is 3.31. The van der Waals surface area contributed by atoms with Crippen molar-refractivity contribution in [1.82, 2.24) is 10.2 Å². The molecule has 0 saturated heterocycles. The predicted octanol–water partition coefficient (Wildman–Crippen LogP) is 1.53. The normalized spacial score (nSPS) is 13.0. The molecule has 1 aromatic heterocycles. The molecule has 0 bridgehead atoms. The van der Waals surface area contributed by atoms with Crippen molar-refractivity contribution in [2.24, 2.45) is 0 Å². The van der Waals surface area contributed by atoms with Crippen LogP contribution in [0.15, 0.2) is 30.5 Å². The standard InChI is InChI=1S/C15H13N3O5/c19-13(17-14-10(15(20)21)8-16-18-14)4-2-9-1-3-11-12(7-9)23-6-5-22-11/h1-4,7-8H,5-6H2,(H,20,21)(H2,16,17,18,19)/b4-2+. The molecular formula is C15H13N3O5. The summed E-state index contributed by atoms with van der Waals surface area (Å²) in [6.45, 7) is 0.999. The average molecular weight is 315 g/mol.